The van der Waals surface area contributed by atoms with E-state index in [1.54, 1.807) is 43.3 Å². The van der Waals surface area contributed by atoms with Crippen molar-refractivity contribution in [2.45, 2.75) is 58.1 Å². The van der Waals surface area contributed by atoms with Gasteiger partial charge >= 0.3 is 0 Å². The first kappa shape index (κ1) is 29.2. The Labute approximate surface area is 230 Å². The van der Waals surface area contributed by atoms with Crippen molar-refractivity contribution in [3.05, 3.63) is 94.5 Å². The molecule has 0 spiro atoms. The highest BCUT2D eigenvalue weighted by atomic mass is 35.5. The third-order valence-corrected chi connectivity index (χ3v) is 8.08. The van der Waals surface area contributed by atoms with E-state index in [1.165, 1.54) is 17.0 Å². The standard InChI is InChI=1S/C29H34ClN3O4S/c1-20(2)31-29(35)23(5)32(18-24-8-6-7-22(4)17-24)28(34)19-33(26-13-11-25(30)12-14-26)38(36,37)27-15-9-21(3)10-16-27/h6-17,20,23H,18-19H2,1-5H3,(H,31,35)/t23-/m0/s1. The average Bonchev–Trinajstić information content (AvgIpc) is 2.86. The molecule has 0 bridgehead atoms. The van der Waals surface area contributed by atoms with E-state index in [-0.39, 0.29) is 29.1 Å². The number of carbonyl (C=O) groups is 2. The monoisotopic (exact) mass is 555 g/mol. The fourth-order valence-electron chi connectivity index (χ4n) is 3.97. The molecule has 0 fully saturated rings. The van der Waals surface area contributed by atoms with Crippen LogP contribution in [0.25, 0.3) is 0 Å². The Kier molecular flexibility index (Phi) is 9.57. The van der Waals surface area contributed by atoms with Crippen LogP contribution >= 0.6 is 11.6 Å². The molecule has 2 amide bonds. The summed E-state index contributed by atoms with van der Waals surface area (Å²) < 4.78 is 28.6. The molecule has 0 unspecified atom stereocenters. The summed E-state index contributed by atoms with van der Waals surface area (Å²) in [4.78, 5) is 28.3. The lowest BCUT2D eigenvalue weighted by molar-refractivity contribution is -0.139. The highest BCUT2D eigenvalue weighted by Crippen LogP contribution is 2.26. The molecule has 3 rings (SSSR count). The van der Waals surface area contributed by atoms with Gasteiger partial charge in [0.15, 0.2) is 0 Å². The molecule has 0 radical (unpaired) electrons. The number of carbonyl (C=O) groups excluding carboxylic acids is 2. The summed E-state index contributed by atoms with van der Waals surface area (Å²) in [5.41, 5.74) is 3.05. The van der Waals surface area contributed by atoms with Crippen molar-refractivity contribution in [1.29, 1.82) is 0 Å². The van der Waals surface area contributed by atoms with Crippen molar-refractivity contribution in [3.8, 4) is 0 Å². The van der Waals surface area contributed by atoms with Gasteiger partial charge in [0, 0.05) is 17.6 Å². The molecule has 1 N–H and O–H groups in total. The highest BCUT2D eigenvalue weighted by molar-refractivity contribution is 7.92. The van der Waals surface area contributed by atoms with Crippen LogP contribution in [0.4, 0.5) is 5.69 Å². The van der Waals surface area contributed by atoms with E-state index in [0.29, 0.717) is 5.02 Å². The Morgan fingerprint density at radius 3 is 2.11 bits per heavy atom. The van der Waals surface area contributed by atoms with Gasteiger partial charge in [-0.15, -0.1) is 0 Å². The second kappa shape index (κ2) is 12.5. The minimum atomic E-state index is -4.11. The van der Waals surface area contributed by atoms with E-state index in [0.717, 1.165) is 21.0 Å². The SMILES string of the molecule is Cc1ccc(S(=O)(=O)N(CC(=O)N(Cc2cccc(C)c2)[C@@H](C)C(=O)NC(C)C)c2ccc(Cl)cc2)cc1. The maximum atomic E-state index is 13.9. The first-order valence-electron chi connectivity index (χ1n) is 12.4. The lowest BCUT2D eigenvalue weighted by atomic mass is 10.1. The largest absolute Gasteiger partial charge is 0.352 e. The fraction of sp³-hybridized carbons (Fsp3) is 0.310. The topological polar surface area (TPSA) is 86.8 Å². The molecule has 0 aromatic heterocycles. The van der Waals surface area contributed by atoms with Gasteiger partial charge in [0.2, 0.25) is 11.8 Å². The molecule has 0 aliphatic heterocycles. The molecule has 9 heteroatoms. The van der Waals surface area contributed by atoms with E-state index in [1.807, 2.05) is 52.0 Å². The van der Waals surface area contributed by atoms with Gasteiger partial charge < -0.3 is 10.2 Å². The van der Waals surface area contributed by atoms with Gasteiger partial charge in [-0.2, -0.15) is 0 Å². The van der Waals surface area contributed by atoms with Crippen LogP contribution in [0.5, 0.6) is 0 Å². The number of hydrogen-bond acceptors (Lipinski definition) is 4. The Morgan fingerprint density at radius 1 is 0.895 bits per heavy atom. The Balaban J connectivity index is 2.02. The Morgan fingerprint density at radius 2 is 1.53 bits per heavy atom. The van der Waals surface area contributed by atoms with E-state index in [4.69, 9.17) is 11.6 Å². The van der Waals surface area contributed by atoms with Crippen LogP contribution in [-0.4, -0.2) is 43.8 Å². The van der Waals surface area contributed by atoms with Crippen LogP contribution in [0.1, 0.15) is 37.5 Å². The van der Waals surface area contributed by atoms with Crippen LogP contribution in [0.2, 0.25) is 5.02 Å². The zero-order valence-corrected chi connectivity index (χ0v) is 23.9. The van der Waals surface area contributed by atoms with E-state index in [9.17, 15) is 18.0 Å². The van der Waals surface area contributed by atoms with Gasteiger partial charge in [-0.05, 0) is 76.6 Å². The van der Waals surface area contributed by atoms with Gasteiger partial charge in [-0.1, -0.05) is 59.1 Å². The van der Waals surface area contributed by atoms with Crippen LogP contribution in [-0.2, 0) is 26.2 Å². The molecule has 0 aliphatic carbocycles. The third kappa shape index (κ3) is 7.36. The second-order valence-electron chi connectivity index (χ2n) is 9.65. The number of sulfonamides is 1. The predicted molar refractivity (Wildman–Crippen MR) is 152 cm³/mol. The normalized spacial score (nSPS) is 12.2. The number of halogens is 1. The number of rotatable bonds is 10. The van der Waals surface area contributed by atoms with Crippen molar-refractivity contribution in [3.63, 3.8) is 0 Å². The summed E-state index contributed by atoms with van der Waals surface area (Å²) in [5, 5.41) is 3.29. The number of hydrogen-bond donors (Lipinski definition) is 1. The van der Waals surface area contributed by atoms with Gasteiger partial charge in [0.25, 0.3) is 10.0 Å². The second-order valence-corrected chi connectivity index (χ2v) is 11.9. The summed E-state index contributed by atoms with van der Waals surface area (Å²) in [6.07, 6.45) is 0. The van der Waals surface area contributed by atoms with E-state index >= 15 is 0 Å². The molecule has 3 aromatic rings. The quantitative estimate of drug-likeness (QED) is 0.377. The van der Waals surface area contributed by atoms with Crippen molar-refractivity contribution in [2.75, 3.05) is 10.8 Å². The predicted octanol–water partition coefficient (Wildman–Crippen LogP) is 5.09. The summed E-state index contributed by atoms with van der Waals surface area (Å²) in [7, 11) is -4.11. The summed E-state index contributed by atoms with van der Waals surface area (Å²) in [6.45, 7) is 8.79. The van der Waals surface area contributed by atoms with Gasteiger partial charge in [0.1, 0.15) is 12.6 Å². The van der Waals surface area contributed by atoms with Gasteiger partial charge in [-0.25, -0.2) is 8.42 Å². The zero-order valence-electron chi connectivity index (χ0n) is 22.3. The van der Waals surface area contributed by atoms with Gasteiger partial charge in [0.05, 0.1) is 10.6 Å². The van der Waals surface area contributed by atoms with Crippen molar-refractivity contribution >= 4 is 39.1 Å². The number of anilines is 1. The molecular formula is C29H34ClN3O4S. The maximum Gasteiger partial charge on any atom is 0.264 e. The lowest BCUT2D eigenvalue weighted by Gasteiger charge is -2.32. The van der Waals surface area contributed by atoms with Crippen molar-refractivity contribution in [2.24, 2.45) is 0 Å². The zero-order chi connectivity index (χ0) is 28.0. The van der Waals surface area contributed by atoms with Crippen LogP contribution in [0.15, 0.2) is 77.7 Å². The molecule has 0 saturated heterocycles. The van der Waals surface area contributed by atoms with Gasteiger partial charge in [-0.3, -0.25) is 13.9 Å². The van der Waals surface area contributed by atoms with Crippen LogP contribution in [0, 0.1) is 13.8 Å². The Bertz CT molecular complexity index is 1370. The molecule has 0 saturated carbocycles. The smallest absolute Gasteiger partial charge is 0.264 e. The summed E-state index contributed by atoms with van der Waals surface area (Å²) in [5.74, 6) is -0.830. The summed E-state index contributed by atoms with van der Waals surface area (Å²) >= 11 is 6.05. The number of nitrogens with one attached hydrogen (secondary N) is 1. The molecular weight excluding hydrogens is 522 g/mol. The molecule has 3 aromatic carbocycles. The van der Waals surface area contributed by atoms with Crippen LogP contribution in [0.3, 0.4) is 0 Å². The fourth-order valence-corrected chi connectivity index (χ4v) is 5.51. The van der Waals surface area contributed by atoms with E-state index < -0.39 is 28.5 Å². The Hall–Kier alpha value is -3.36. The number of aryl methyl sites for hydroxylation is 2. The number of benzene rings is 3. The first-order valence-corrected chi connectivity index (χ1v) is 14.2. The third-order valence-electron chi connectivity index (χ3n) is 6.04. The highest BCUT2D eigenvalue weighted by Gasteiger charge is 2.32. The molecule has 202 valence electrons. The first-order chi connectivity index (χ1) is 17.9. The van der Waals surface area contributed by atoms with E-state index in [2.05, 4.69) is 5.32 Å². The molecule has 1 atom stereocenters. The molecule has 38 heavy (non-hydrogen) atoms. The summed E-state index contributed by atoms with van der Waals surface area (Å²) in [6, 6.07) is 19.4. The van der Waals surface area contributed by atoms with Crippen molar-refractivity contribution < 1.29 is 18.0 Å². The number of amides is 2. The average molecular weight is 556 g/mol. The molecule has 7 nitrogen and oxygen atoms in total. The maximum absolute atomic E-state index is 13.9. The number of nitrogens with zero attached hydrogens (tertiary/aromatic N) is 2. The minimum absolute atomic E-state index is 0.0571. The molecule has 0 heterocycles. The minimum Gasteiger partial charge on any atom is -0.352 e. The van der Waals surface area contributed by atoms with Crippen LogP contribution < -0.4 is 9.62 Å². The molecule has 0 aliphatic rings. The lowest BCUT2D eigenvalue weighted by Crippen LogP contribution is -2.52. The van der Waals surface area contributed by atoms with Crippen molar-refractivity contribution in [1.82, 2.24) is 10.2 Å².